The minimum absolute atomic E-state index is 0.0226. The van der Waals surface area contributed by atoms with Crippen molar-refractivity contribution < 1.29 is 23.9 Å². The van der Waals surface area contributed by atoms with Gasteiger partial charge in [-0.2, -0.15) is 0 Å². The Bertz CT molecular complexity index is 756. The Kier molecular flexibility index (Phi) is 5.79. The molecule has 0 bridgehead atoms. The van der Waals surface area contributed by atoms with Gasteiger partial charge < -0.3 is 20.7 Å². The van der Waals surface area contributed by atoms with Gasteiger partial charge in [-0.25, -0.2) is 0 Å². The van der Waals surface area contributed by atoms with Crippen LogP contribution >= 0.6 is 11.3 Å². The van der Waals surface area contributed by atoms with E-state index in [9.17, 15) is 19.2 Å². The summed E-state index contributed by atoms with van der Waals surface area (Å²) >= 11 is 1.16. The van der Waals surface area contributed by atoms with Gasteiger partial charge in [-0.05, 0) is 31.2 Å². The van der Waals surface area contributed by atoms with E-state index >= 15 is 0 Å². The fourth-order valence-electron chi connectivity index (χ4n) is 3.60. The zero-order valence-corrected chi connectivity index (χ0v) is 15.9. The molecule has 2 fully saturated rings. The minimum Gasteiger partial charge on any atom is -0.452 e. The Morgan fingerprint density at radius 1 is 1.33 bits per heavy atom. The maximum absolute atomic E-state index is 12.4. The van der Waals surface area contributed by atoms with Gasteiger partial charge in [-0.1, -0.05) is 12.8 Å². The van der Waals surface area contributed by atoms with E-state index in [0.29, 0.717) is 11.5 Å². The molecule has 2 atom stereocenters. The second-order valence-electron chi connectivity index (χ2n) is 6.98. The van der Waals surface area contributed by atoms with Crippen LogP contribution in [0.5, 0.6) is 0 Å². The van der Waals surface area contributed by atoms with Crippen LogP contribution in [-0.4, -0.2) is 47.3 Å². The van der Waals surface area contributed by atoms with Crippen LogP contribution in [0, 0.1) is 5.92 Å². The number of anilines is 1. The van der Waals surface area contributed by atoms with E-state index in [1.807, 2.05) is 0 Å². The molecule has 1 saturated heterocycles. The Morgan fingerprint density at radius 3 is 2.70 bits per heavy atom. The Morgan fingerprint density at radius 2 is 2.04 bits per heavy atom. The highest BCUT2D eigenvalue weighted by molar-refractivity contribution is 7.14. The Balaban J connectivity index is 1.54. The van der Waals surface area contributed by atoms with Crippen molar-refractivity contribution in [2.24, 2.45) is 11.7 Å². The van der Waals surface area contributed by atoms with Crippen molar-refractivity contribution in [1.29, 1.82) is 0 Å². The van der Waals surface area contributed by atoms with Crippen molar-refractivity contribution in [2.45, 2.75) is 51.2 Å². The van der Waals surface area contributed by atoms with Gasteiger partial charge in [-0.3, -0.25) is 19.2 Å². The third-order valence-corrected chi connectivity index (χ3v) is 5.92. The van der Waals surface area contributed by atoms with E-state index in [1.54, 1.807) is 10.3 Å². The van der Waals surface area contributed by atoms with Crippen LogP contribution in [-0.2, 0) is 19.1 Å². The van der Waals surface area contributed by atoms with E-state index < -0.39 is 29.8 Å². The maximum atomic E-state index is 12.4. The summed E-state index contributed by atoms with van der Waals surface area (Å²) in [6.45, 7) is 1.81. The van der Waals surface area contributed by atoms with Crippen molar-refractivity contribution in [2.75, 3.05) is 11.9 Å². The van der Waals surface area contributed by atoms with Crippen molar-refractivity contribution in [3.05, 3.63) is 17.0 Å². The molecule has 27 heavy (non-hydrogen) atoms. The monoisotopic (exact) mass is 393 g/mol. The molecule has 0 spiro atoms. The number of ether oxygens (including phenoxy) is 1. The highest BCUT2D eigenvalue weighted by Gasteiger charge is 2.40. The molecule has 146 valence electrons. The van der Waals surface area contributed by atoms with Crippen molar-refractivity contribution in [1.82, 2.24) is 4.90 Å². The number of esters is 1. The van der Waals surface area contributed by atoms with Crippen LogP contribution in [0.3, 0.4) is 0 Å². The average Bonchev–Trinajstić information content (AvgIpc) is 3.34. The van der Waals surface area contributed by atoms with Crippen LogP contribution in [0.15, 0.2) is 11.4 Å². The summed E-state index contributed by atoms with van der Waals surface area (Å²) < 4.78 is 5.26. The molecule has 3 rings (SSSR count). The summed E-state index contributed by atoms with van der Waals surface area (Å²) in [5.41, 5.74) is 5.46. The second-order valence-corrected chi connectivity index (χ2v) is 7.90. The number of amides is 3. The van der Waals surface area contributed by atoms with Gasteiger partial charge in [0.25, 0.3) is 11.8 Å². The molecule has 3 amide bonds. The topological polar surface area (TPSA) is 119 Å². The number of nitrogens with two attached hydrogens (primary N) is 1. The molecule has 1 aromatic rings. The van der Waals surface area contributed by atoms with Crippen LogP contribution in [0.4, 0.5) is 5.00 Å². The molecule has 1 aromatic heterocycles. The first-order valence-electron chi connectivity index (χ1n) is 9.05. The quantitative estimate of drug-likeness (QED) is 0.710. The minimum atomic E-state index is -1.05. The van der Waals surface area contributed by atoms with E-state index in [4.69, 9.17) is 10.5 Å². The molecule has 1 aliphatic heterocycles. The Labute approximate surface area is 161 Å². The third-order valence-electron chi connectivity index (χ3n) is 5.09. The molecule has 1 aliphatic carbocycles. The summed E-state index contributed by atoms with van der Waals surface area (Å²) in [6, 6.07) is 1.74. The highest BCUT2D eigenvalue weighted by atomic mass is 32.1. The standard InChI is InChI=1S/C18H23N3O5S/c1-10(16(24)20-17-13(15(19)23)6-7-27-17)26-18(25)11-8-14(22)21(9-11)12-4-2-3-5-12/h6-7,10-12H,2-5,8-9H2,1H3,(H2,19,23)(H,20,24)/t10-,11-/m0/s1. The van der Waals surface area contributed by atoms with Crippen molar-refractivity contribution in [3.63, 3.8) is 0 Å². The van der Waals surface area contributed by atoms with Gasteiger partial charge in [0, 0.05) is 19.0 Å². The van der Waals surface area contributed by atoms with Crippen molar-refractivity contribution in [3.8, 4) is 0 Å². The van der Waals surface area contributed by atoms with Gasteiger partial charge in [0.1, 0.15) is 5.00 Å². The molecule has 2 aliphatic rings. The van der Waals surface area contributed by atoms with Gasteiger partial charge in [0.2, 0.25) is 5.91 Å². The molecule has 0 unspecified atom stereocenters. The lowest BCUT2D eigenvalue weighted by Gasteiger charge is -2.24. The van der Waals surface area contributed by atoms with E-state index in [-0.39, 0.29) is 23.9 Å². The van der Waals surface area contributed by atoms with Gasteiger partial charge >= 0.3 is 5.97 Å². The third kappa shape index (κ3) is 4.29. The largest absolute Gasteiger partial charge is 0.452 e. The van der Waals surface area contributed by atoms with Gasteiger partial charge in [-0.15, -0.1) is 11.3 Å². The number of carbonyl (C=O) groups is 4. The molecule has 9 heteroatoms. The summed E-state index contributed by atoms with van der Waals surface area (Å²) in [5, 5.41) is 4.51. The number of likely N-dealkylation sites (tertiary alicyclic amines) is 1. The first-order chi connectivity index (χ1) is 12.9. The highest BCUT2D eigenvalue weighted by Crippen LogP contribution is 2.30. The van der Waals surface area contributed by atoms with Crippen molar-refractivity contribution >= 4 is 40.0 Å². The molecular weight excluding hydrogens is 370 g/mol. The first-order valence-corrected chi connectivity index (χ1v) is 9.93. The average molecular weight is 393 g/mol. The van der Waals surface area contributed by atoms with Crippen LogP contribution in [0.2, 0.25) is 0 Å². The van der Waals surface area contributed by atoms with Crippen LogP contribution < -0.4 is 11.1 Å². The zero-order chi connectivity index (χ0) is 19.6. The fourth-order valence-corrected chi connectivity index (χ4v) is 4.39. The predicted molar refractivity (Wildman–Crippen MR) is 99.1 cm³/mol. The number of primary amides is 1. The number of nitrogens with one attached hydrogen (secondary N) is 1. The second kappa shape index (κ2) is 8.08. The lowest BCUT2D eigenvalue weighted by molar-refractivity contribution is -0.157. The Hall–Kier alpha value is -2.42. The molecule has 1 saturated carbocycles. The molecule has 0 radical (unpaired) electrons. The fraction of sp³-hybridized carbons (Fsp3) is 0.556. The van der Waals surface area contributed by atoms with E-state index in [2.05, 4.69) is 5.32 Å². The molecular formula is C18H23N3O5S. The maximum Gasteiger partial charge on any atom is 0.312 e. The number of thiophene rings is 1. The lowest BCUT2D eigenvalue weighted by Crippen LogP contribution is -2.36. The predicted octanol–water partition coefficient (Wildman–Crippen LogP) is 1.51. The number of rotatable bonds is 6. The summed E-state index contributed by atoms with van der Waals surface area (Å²) in [7, 11) is 0. The summed E-state index contributed by atoms with van der Waals surface area (Å²) in [6.07, 6.45) is 3.26. The van der Waals surface area contributed by atoms with Gasteiger partial charge in [0.05, 0.1) is 11.5 Å². The number of hydrogen-bond donors (Lipinski definition) is 2. The zero-order valence-electron chi connectivity index (χ0n) is 15.1. The summed E-state index contributed by atoms with van der Waals surface area (Å²) in [5.74, 6) is -2.31. The van der Waals surface area contributed by atoms with E-state index in [0.717, 1.165) is 37.0 Å². The number of hydrogen-bond acceptors (Lipinski definition) is 6. The number of nitrogens with zero attached hydrogens (tertiary/aromatic N) is 1. The SMILES string of the molecule is C[C@H](OC(=O)[C@H]1CC(=O)N(C2CCCC2)C1)C(=O)Nc1sccc1C(N)=O. The molecule has 0 aromatic carbocycles. The van der Waals surface area contributed by atoms with Gasteiger partial charge in [0.15, 0.2) is 6.10 Å². The molecule has 8 nitrogen and oxygen atoms in total. The number of carbonyl (C=O) groups excluding carboxylic acids is 4. The normalized spacial score (nSPS) is 21.3. The lowest BCUT2D eigenvalue weighted by atomic mass is 10.1. The van der Waals surface area contributed by atoms with Crippen LogP contribution in [0.1, 0.15) is 49.4 Å². The summed E-state index contributed by atoms with van der Waals surface area (Å²) in [4.78, 5) is 50.0. The first kappa shape index (κ1) is 19.3. The van der Waals surface area contributed by atoms with Crippen LogP contribution in [0.25, 0.3) is 0 Å². The smallest absolute Gasteiger partial charge is 0.312 e. The molecule has 2 heterocycles. The van der Waals surface area contributed by atoms with E-state index in [1.165, 1.54) is 13.0 Å². The molecule has 3 N–H and O–H groups in total.